The van der Waals surface area contributed by atoms with Gasteiger partial charge in [0.05, 0.1) is 31.3 Å². The van der Waals surface area contributed by atoms with Crippen LogP contribution in [0.2, 0.25) is 0 Å². The lowest BCUT2D eigenvalue weighted by molar-refractivity contribution is -0.137. The normalized spacial score (nSPS) is 14.3. The van der Waals surface area contributed by atoms with Gasteiger partial charge >= 0.3 is 12.1 Å². The number of nitrogens with one attached hydrogen (secondary N) is 2. The van der Waals surface area contributed by atoms with E-state index in [0.29, 0.717) is 22.4 Å². The second-order valence-corrected chi connectivity index (χ2v) is 9.37. The molecule has 0 atom stereocenters. The summed E-state index contributed by atoms with van der Waals surface area (Å²) in [4.78, 5) is 38.7. The van der Waals surface area contributed by atoms with Crippen molar-refractivity contribution < 1.29 is 32.3 Å². The Labute approximate surface area is 214 Å². The van der Waals surface area contributed by atoms with Crippen molar-refractivity contribution >= 4 is 23.5 Å². The third-order valence-corrected chi connectivity index (χ3v) is 6.17. The highest BCUT2D eigenvalue weighted by Gasteiger charge is 2.31. The van der Waals surface area contributed by atoms with Crippen molar-refractivity contribution in [3.63, 3.8) is 0 Å². The fraction of sp³-hybridized carbons (Fsp3) is 0.444. The van der Waals surface area contributed by atoms with Crippen LogP contribution in [-0.4, -0.2) is 48.9 Å². The van der Waals surface area contributed by atoms with Gasteiger partial charge in [0, 0.05) is 18.3 Å². The highest BCUT2D eigenvalue weighted by molar-refractivity contribution is 5.94. The van der Waals surface area contributed by atoms with Gasteiger partial charge in [-0.2, -0.15) is 13.2 Å². The maximum Gasteiger partial charge on any atom is 0.416 e. The SMILES string of the molecule is COC(=O)c1ccc(NC(=O)CN(CC(=O)NC2CCCCC2)Cc2cc(C)cc(C(F)(F)F)c2)cc1. The van der Waals surface area contributed by atoms with Gasteiger partial charge in [0.25, 0.3) is 0 Å². The summed E-state index contributed by atoms with van der Waals surface area (Å²) in [6.45, 7) is 1.20. The molecule has 0 spiro atoms. The van der Waals surface area contributed by atoms with Crippen molar-refractivity contribution in [1.29, 1.82) is 0 Å². The molecule has 0 heterocycles. The van der Waals surface area contributed by atoms with E-state index in [4.69, 9.17) is 0 Å². The van der Waals surface area contributed by atoms with Gasteiger partial charge in [-0.1, -0.05) is 30.9 Å². The molecule has 7 nitrogen and oxygen atoms in total. The average Bonchev–Trinajstić information content (AvgIpc) is 2.83. The highest BCUT2D eigenvalue weighted by atomic mass is 19.4. The van der Waals surface area contributed by atoms with Crippen molar-refractivity contribution in [3.8, 4) is 0 Å². The first-order valence-corrected chi connectivity index (χ1v) is 12.2. The van der Waals surface area contributed by atoms with E-state index in [1.807, 2.05) is 0 Å². The summed E-state index contributed by atoms with van der Waals surface area (Å²) in [6.07, 6.45) is 0.484. The lowest BCUT2D eigenvalue weighted by Gasteiger charge is -2.26. The number of benzene rings is 2. The molecule has 3 rings (SSSR count). The van der Waals surface area contributed by atoms with E-state index < -0.39 is 23.6 Å². The van der Waals surface area contributed by atoms with E-state index in [9.17, 15) is 27.6 Å². The van der Waals surface area contributed by atoms with Crippen LogP contribution in [0.5, 0.6) is 0 Å². The standard InChI is InChI=1S/C27H32F3N3O4/c1-18-12-19(14-21(13-18)27(28,29)30)15-33(16-24(34)31-22-6-4-3-5-7-22)17-25(35)32-23-10-8-20(9-11-23)26(36)37-2/h8-14,22H,3-7,15-17H2,1-2H3,(H,31,34)(H,32,35). The minimum Gasteiger partial charge on any atom is -0.465 e. The first kappa shape index (κ1) is 28.2. The Bertz CT molecular complexity index is 1100. The summed E-state index contributed by atoms with van der Waals surface area (Å²) in [5.74, 6) is -1.23. The van der Waals surface area contributed by atoms with Gasteiger partial charge < -0.3 is 15.4 Å². The molecule has 1 aliphatic carbocycles. The molecule has 0 aliphatic heterocycles. The Hall–Kier alpha value is -3.40. The number of anilines is 1. The van der Waals surface area contributed by atoms with Crippen LogP contribution < -0.4 is 10.6 Å². The topological polar surface area (TPSA) is 87.7 Å². The summed E-state index contributed by atoms with van der Waals surface area (Å²) in [5, 5.41) is 5.69. The van der Waals surface area contributed by atoms with E-state index in [-0.39, 0.29) is 31.6 Å². The zero-order valence-corrected chi connectivity index (χ0v) is 21.0. The predicted octanol–water partition coefficient (Wildman–Crippen LogP) is 4.69. The number of alkyl halides is 3. The van der Waals surface area contributed by atoms with Crippen molar-refractivity contribution in [2.45, 2.75) is 57.8 Å². The summed E-state index contributed by atoms with van der Waals surface area (Å²) in [5.41, 5.74) is 0.768. The molecule has 2 aromatic rings. The van der Waals surface area contributed by atoms with Crippen LogP contribution >= 0.6 is 0 Å². The zero-order chi connectivity index (χ0) is 27.0. The van der Waals surface area contributed by atoms with Crippen LogP contribution in [0.4, 0.5) is 18.9 Å². The molecule has 0 bridgehead atoms. The lowest BCUT2D eigenvalue weighted by atomic mass is 9.95. The van der Waals surface area contributed by atoms with E-state index in [0.717, 1.165) is 44.2 Å². The highest BCUT2D eigenvalue weighted by Crippen LogP contribution is 2.31. The van der Waals surface area contributed by atoms with E-state index in [1.54, 1.807) is 25.1 Å². The van der Waals surface area contributed by atoms with E-state index in [2.05, 4.69) is 15.4 Å². The second kappa shape index (κ2) is 12.7. The van der Waals surface area contributed by atoms with Gasteiger partial charge in [-0.3, -0.25) is 14.5 Å². The number of methoxy groups -OCH3 is 1. The number of ether oxygens (including phenoxy) is 1. The van der Waals surface area contributed by atoms with Crippen LogP contribution in [0.15, 0.2) is 42.5 Å². The maximum atomic E-state index is 13.3. The molecule has 1 saturated carbocycles. The number of amides is 2. The summed E-state index contributed by atoms with van der Waals surface area (Å²) in [6, 6.07) is 9.88. The summed E-state index contributed by atoms with van der Waals surface area (Å²) in [7, 11) is 1.27. The third-order valence-electron chi connectivity index (χ3n) is 6.17. The molecule has 2 aromatic carbocycles. The number of carbonyl (C=O) groups excluding carboxylic acids is 3. The molecule has 10 heteroatoms. The molecule has 1 aliphatic rings. The molecular weight excluding hydrogens is 487 g/mol. The number of hydrogen-bond donors (Lipinski definition) is 2. The first-order chi connectivity index (χ1) is 17.5. The average molecular weight is 520 g/mol. The number of aryl methyl sites for hydroxylation is 1. The molecule has 0 aromatic heterocycles. The zero-order valence-electron chi connectivity index (χ0n) is 21.0. The molecule has 200 valence electrons. The first-order valence-electron chi connectivity index (χ1n) is 12.2. The van der Waals surface area contributed by atoms with E-state index >= 15 is 0 Å². The number of carbonyl (C=O) groups is 3. The molecule has 0 saturated heterocycles. The Kier molecular flexibility index (Phi) is 9.68. The molecule has 0 unspecified atom stereocenters. The lowest BCUT2D eigenvalue weighted by Crippen LogP contribution is -2.44. The number of hydrogen-bond acceptors (Lipinski definition) is 5. The van der Waals surface area contributed by atoms with Crippen molar-refractivity contribution in [2.24, 2.45) is 0 Å². The summed E-state index contributed by atoms with van der Waals surface area (Å²) < 4.78 is 44.7. The second-order valence-electron chi connectivity index (χ2n) is 9.37. The summed E-state index contributed by atoms with van der Waals surface area (Å²) >= 11 is 0. The van der Waals surface area contributed by atoms with Crippen molar-refractivity contribution in [2.75, 3.05) is 25.5 Å². The Balaban J connectivity index is 1.72. The minimum atomic E-state index is -4.50. The van der Waals surface area contributed by atoms with Gasteiger partial charge in [-0.25, -0.2) is 4.79 Å². The number of nitrogens with zero attached hydrogens (tertiary/aromatic N) is 1. The largest absolute Gasteiger partial charge is 0.465 e. The van der Waals surface area contributed by atoms with Gasteiger partial charge in [0.2, 0.25) is 11.8 Å². The van der Waals surface area contributed by atoms with Crippen LogP contribution in [0.3, 0.4) is 0 Å². The predicted molar refractivity (Wildman–Crippen MR) is 133 cm³/mol. The molecule has 0 radical (unpaired) electrons. The quantitative estimate of drug-likeness (QED) is 0.470. The third kappa shape index (κ3) is 8.89. The fourth-order valence-corrected chi connectivity index (χ4v) is 4.48. The molecule has 37 heavy (non-hydrogen) atoms. The molecule has 1 fully saturated rings. The van der Waals surface area contributed by atoms with Gasteiger partial charge in [-0.05, 0) is 61.7 Å². The van der Waals surface area contributed by atoms with Crippen molar-refractivity contribution in [3.05, 3.63) is 64.7 Å². The number of rotatable bonds is 9. The smallest absolute Gasteiger partial charge is 0.416 e. The van der Waals surface area contributed by atoms with Gasteiger partial charge in [-0.15, -0.1) is 0 Å². The van der Waals surface area contributed by atoms with E-state index in [1.165, 1.54) is 24.1 Å². The molecular formula is C27H32F3N3O4. The minimum absolute atomic E-state index is 0.0163. The van der Waals surface area contributed by atoms with Gasteiger partial charge in [0.15, 0.2) is 0 Å². The van der Waals surface area contributed by atoms with Crippen LogP contribution in [0.25, 0.3) is 0 Å². The maximum absolute atomic E-state index is 13.3. The monoisotopic (exact) mass is 519 g/mol. The van der Waals surface area contributed by atoms with Crippen LogP contribution in [0, 0.1) is 6.92 Å². The fourth-order valence-electron chi connectivity index (χ4n) is 4.48. The molecule has 2 amide bonds. The Morgan fingerprint density at radius 3 is 2.24 bits per heavy atom. The van der Waals surface area contributed by atoms with Crippen molar-refractivity contribution in [1.82, 2.24) is 10.2 Å². The van der Waals surface area contributed by atoms with Crippen LogP contribution in [-0.2, 0) is 27.0 Å². The number of halogens is 3. The van der Waals surface area contributed by atoms with Crippen LogP contribution in [0.1, 0.15) is 59.2 Å². The number of esters is 1. The van der Waals surface area contributed by atoms with Gasteiger partial charge in [0.1, 0.15) is 0 Å². The Morgan fingerprint density at radius 2 is 1.62 bits per heavy atom. The molecule has 2 N–H and O–H groups in total. The Morgan fingerprint density at radius 1 is 0.973 bits per heavy atom.